The number of rotatable bonds is 6. The molecule has 0 radical (unpaired) electrons. The van der Waals surface area contributed by atoms with Crippen LogP contribution in [-0.2, 0) is 19.6 Å². The van der Waals surface area contributed by atoms with Gasteiger partial charge >= 0.3 is 0 Å². The minimum Gasteiger partial charge on any atom is -0.341 e. The molecule has 1 heterocycles. The molecule has 0 bridgehead atoms. The van der Waals surface area contributed by atoms with Gasteiger partial charge in [-0.2, -0.15) is 4.31 Å². The molecular formula is C18H29ClN4O4S. The van der Waals surface area contributed by atoms with Crippen LogP contribution in [0.25, 0.3) is 0 Å². The van der Waals surface area contributed by atoms with Crippen molar-refractivity contribution in [2.45, 2.75) is 37.6 Å². The lowest BCUT2D eigenvalue weighted by Gasteiger charge is -2.35. The van der Waals surface area contributed by atoms with Crippen molar-refractivity contribution in [2.24, 2.45) is 11.7 Å². The van der Waals surface area contributed by atoms with E-state index in [2.05, 4.69) is 5.32 Å². The Bertz CT molecular complexity index is 783. The molecule has 1 aromatic rings. The number of likely N-dealkylation sites (N-methyl/N-ethyl adjacent to an activating group) is 1. The van der Waals surface area contributed by atoms with Gasteiger partial charge in [0.25, 0.3) is 0 Å². The highest BCUT2D eigenvalue weighted by Crippen LogP contribution is 2.21. The number of carbonyl (C=O) groups is 2. The van der Waals surface area contributed by atoms with Crippen LogP contribution < -0.4 is 11.1 Å². The quantitative estimate of drug-likeness (QED) is 0.702. The molecule has 2 unspecified atom stereocenters. The number of amides is 2. The predicted molar refractivity (Wildman–Crippen MR) is 111 cm³/mol. The van der Waals surface area contributed by atoms with Crippen molar-refractivity contribution < 1.29 is 18.0 Å². The number of benzene rings is 1. The molecule has 2 amide bonds. The summed E-state index contributed by atoms with van der Waals surface area (Å²) < 4.78 is 26.5. The summed E-state index contributed by atoms with van der Waals surface area (Å²) in [4.78, 5) is 25.4. The van der Waals surface area contributed by atoms with Gasteiger partial charge in [0.15, 0.2) is 0 Å². The average Bonchev–Trinajstić information content (AvgIpc) is 2.61. The third-order valence-electron chi connectivity index (χ3n) is 4.79. The first-order valence-corrected chi connectivity index (χ1v) is 10.4. The van der Waals surface area contributed by atoms with Crippen LogP contribution in [0, 0.1) is 5.92 Å². The zero-order valence-electron chi connectivity index (χ0n) is 16.4. The van der Waals surface area contributed by atoms with Gasteiger partial charge in [0.2, 0.25) is 21.8 Å². The van der Waals surface area contributed by atoms with Crippen LogP contribution in [0.2, 0.25) is 0 Å². The summed E-state index contributed by atoms with van der Waals surface area (Å²) >= 11 is 0. The van der Waals surface area contributed by atoms with Crippen LogP contribution in [0.4, 0.5) is 5.69 Å². The molecule has 2 atom stereocenters. The van der Waals surface area contributed by atoms with E-state index in [4.69, 9.17) is 5.73 Å². The largest absolute Gasteiger partial charge is 0.341 e. The number of likely N-dealkylation sites (tertiary alicyclic amines) is 1. The monoisotopic (exact) mass is 432 g/mol. The Morgan fingerprint density at radius 3 is 2.46 bits per heavy atom. The molecule has 1 aromatic carbocycles. The molecule has 28 heavy (non-hydrogen) atoms. The number of carbonyl (C=O) groups excluding carboxylic acids is 2. The Kier molecular flexibility index (Phi) is 8.87. The molecule has 0 aliphatic carbocycles. The predicted octanol–water partition coefficient (Wildman–Crippen LogP) is 1.27. The van der Waals surface area contributed by atoms with E-state index >= 15 is 0 Å². The van der Waals surface area contributed by atoms with Gasteiger partial charge in [-0.15, -0.1) is 12.4 Å². The van der Waals surface area contributed by atoms with Gasteiger partial charge in [0, 0.05) is 38.8 Å². The van der Waals surface area contributed by atoms with E-state index in [0.29, 0.717) is 18.8 Å². The van der Waals surface area contributed by atoms with Crippen molar-refractivity contribution in [1.29, 1.82) is 0 Å². The fourth-order valence-electron chi connectivity index (χ4n) is 3.13. The van der Waals surface area contributed by atoms with Gasteiger partial charge < -0.3 is 16.0 Å². The summed E-state index contributed by atoms with van der Waals surface area (Å²) in [6.45, 7) is 4.28. The minimum absolute atomic E-state index is 0. The van der Waals surface area contributed by atoms with Gasteiger partial charge in [-0.05, 0) is 49.9 Å². The van der Waals surface area contributed by atoms with Crippen LogP contribution in [-0.4, -0.2) is 62.2 Å². The third kappa shape index (κ3) is 6.16. The number of nitrogens with one attached hydrogen (secondary N) is 1. The molecule has 1 fully saturated rings. The second-order valence-corrected chi connectivity index (χ2v) is 9.11. The Hall–Kier alpha value is -1.68. The van der Waals surface area contributed by atoms with Crippen LogP contribution >= 0.6 is 12.4 Å². The molecule has 0 aromatic heterocycles. The molecule has 10 heteroatoms. The Morgan fingerprint density at radius 1 is 1.32 bits per heavy atom. The van der Waals surface area contributed by atoms with Gasteiger partial charge in [-0.1, -0.05) is 0 Å². The number of sulfonamides is 1. The standard InChI is InChI=1S/C18H28N4O4S.ClH/c1-13(19)15-5-4-10-22(11-15)18(24)12-21(3)27(25,26)17-8-6-16(7-9-17)20-14(2)23;/h6-9,13,15H,4-5,10-12,19H2,1-3H3,(H,20,23);1H. The van der Waals surface area contributed by atoms with E-state index in [1.165, 1.54) is 38.2 Å². The van der Waals surface area contributed by atoms with Gasteiger partial charge in [0.1, 0.15) is 0 Å². The number of nitrogens with two attached hydrogens (primary N) is 1. The van der Waals surface area contributed by atoms with Crippen molar-refractivity contribution in [1.82, 2.24) is 9.21 Å². The molecule has 8 nitrogen and oxygen atoms in total. The van der Waals surface area contributed by atoms with Crippen LogP contribution in [0.5, 0.6) is 0 Å². The SMILES string of the molecule is CC(=O)Nc1ccc(S(=O)(=O)N(C)CC(=O)N2CCCC(C(C)N)C2)cc1.Cl. The molecule has 0 spiro atoms. The number of piperidine rings is 1. The van der Waals surface area contributed by atoms with Crippen molar-refractivity contribution in [3.05, 3.63) is 24.3 Å². The molecule has 3 N–H and O–H groups in total. The average molecular weight is 433 g/mol. The number of nitrogens with zero attached hydrogens (tertiary/aromatic N) is 2. The normalized spacial score (nSPS) is 18.3. The Balaban J connectivity index is 0.00000392. The van der Waals surface area contributed by atoms with Crippen molar-refractivity contribution >= 4 is 39.9 Å². The molecule has 158 valence electrons. The lowest BCUT2D eigenvalue weighted by atomic mass is 9.92. The highest BCUT2D eigenvalue weighted by molar-refractivity contribution is 7.89. The van der Waals surface area contributed by atoms with E-state index < -0.39 is 10.0 Å². The summed E-state index contributed by atoms with van der Waals surface area (Å²) in [7, 11) is -2.41. The van der Waals surface area contributed by atoms with Crippen molar-refractivity contribution in [2.75, 3.05) is 32.0 Å². The number of halogens is 1. The summed E-state index contributed by atoms with van der Waals surface area (Å²) in [5.41, 5.74) is 6.46. The lowest BCUT2D eigenvalue weighted by Crippen LogP contribution is -2.48. The van der Waals surface area contributed by atoms with E-state index in [1.807, 2.05) is 6.92 Å². The Morgan fingerprint density at radius 2 is 1.93 bits per heavy atom. The molecule has 2 rings (SSSR count). The van der Waals surface area contributed by atoms with E-state index in [1.54, 1.807) is 4.90 Å². The number of anilines is 1. The molecule has 1 aliphatic rings. The van der Waals surface area contributed by atoms with E-state index in [-0.39, 0.29) is 47.6 Å². The maximum atomic E-state index is 12.7. The number of hydrogen-bond donors (Lipinski definition) is 2. The minimum atomic E-state index is -3.80. The van der Waals surface area contributed by atoms with Crippen molar-refractivity contribution in [3.8, 4) is 0 Å². The smallest absolute Gasteiger partial charge is 0.243 e. The van der Waals surface area contributed by atoms with Gasteiger partial charge in [-0.25, -0.2) is 8.42 Å². The van der Waals surface area contributed by atoms with Crippen molar-refractivity contribution in [3.63, 3.8) is 0 Å². The first kappa shape index (κ1) is 24.4. The maximum Gasteiger partial charge on any atom is 0.243 e. The summed E-state index contributed by atoms with van der Waals surface area (Å²) in [5, 5.41) is 2.58. The zero-order valence-corrected chi connectivity index (χ0v) is 18.1. The molecule has 0 saturated carbocycles. The molecule has 1 saturated heterocycles. The maximum absolute atomic E-state index is 12.7. The molecule has 1 aliphatic heterocycles. The summed E-state index contributed by atoms with van der Waals surface area (Å²) in [5.74, 6) is -0.216. The second kappa shape index (κ2) is 10.2. The van der Waals surface area contributed by atoms with E-state index in [0.717, 1.165) is 17.1 Å². The topological polar surface area (TPSA) is 113 Å². The summed E-state index contributed by atoms with van der Waals surface area (Å²) in [6.07, 6.45) is 1.86. The fraction of sp³-hybridized carbons (Fsp3) is 0.556. The third-order valence-corrected chi connectivity index (χ3v) is 6.61. The first-order chi connectivity index (χ1) is 12.6. The lowest BCUT2D eigenvalue weighted by molar-refractivity contribution is -0.133. The zero-order chi connectivity index (χ0) is 20.2. The van der Waals surface area contributed by atoms with Crippen LogP contribution in [0.1, 0.15) is 26.7 Å². The first-order valence-electron chi connectivity index (χ1n) is 8.98. The second-order valence-electron chi connectivity index (χ2n) is 7.07. The van der Waals surface area contributed by atoms with Gasteiger partial charge in [-0.3, -0.25) is 9.59 Å². The highest BCUT2D eigenvalue weighted by Gasteiger charge is 2.29. The number of hydrogen-bond acceptors (Lipinski definition) is 5. The fourth-order valence-corrected chi connectivity index (χ4v) is 4.25. The molecular weight excluding hydrogens is 404 g/mol. The van der Waals surface area contributed by atoms with E-state index in [9.17, 15) is 18.0 Å². The van der Waals surface area contributed by atoms with Crippen LogP contribution in [0.15, 0.2) is 29.2 Å². The highest BCUT2D eigenvalue weighted by atomic mass is 35.5. The van der Waals surface area contributed by atoms with Gasteiger partial charge in [0.05, 0.1) is 11.4 Å². The Labute approximate surface area is 172 Å². The van der Waals surface area contributed by atoms with Crippen LogP contribution in [0.3, 0.4) is 0 Å². The summed E-state index contributed by atoms with van der Waals surface area (Å²) in [6, 6.07) is 5.86.